The Kier molecular flexibility index (Phi) is 4.54. The van der Waals surface area contributed by atoms with Gasteiger partial charge in [0, 0.05) is 31.4 Å². The quantitative estimate of drug-likeness (QED) is 0.713. The topological polar surface area (TPSA) is 30.0 Å². The zero-order valence-electron chi connectivity index (χ0n) is 9.16. The average molecular weight is 389 g/mol. The van der Waals surface area contributed by atoms with Crippen LogP contribution in [0.3, 0.4) is 0 Å². The number of halogens is 3. The lowest BCUT2D eigenvalue weighted by atomic mass is 10.1. The first-order chi connectivity index (χ1) is 8.56. The molecule has 0 fully saturated rings. The van der Waals surface area contributed by atoms with E-state index in [9.17, 15) is 4.79 Å². The second-order valence-corrected chi connectivity index (χ2v) is 5.90. The number of hydrogen-bond acceptors (Lipinski definition) is 2. The number of ketones is 1. The van der Waals surface area contributed by atoms with Gasteiger partial charge in [-0.05, 0) is 62.2 Å². The van der Waals surface area contributed by atoms with Crippen LogP contribution in [0.2, 0.25) is 5.02 Å². The SMILES string of the molecule is O=C(Cc1ccc(Br)cn1)c1ccc(Cl)cc1Br. The van der Waals surface area contributed by atoms with Crippen molar-refractivity contribution >= 4 is 49.2 Å². The molecule has 0 saturated heterocycles. The van der Waals surface area contributed by atoms with Crippen molar-refractivity contribution in [3.63, 3.8) is 0 Å². The molecule has 5 heteroatoms. The van der Waals surface area contributed by atoms with Crippen LogP contribution < -0.4 is 0 Å². The minimum Gasteiger partial charge on any atom is -0.294 e. The Balaban J connectivity index is 2.19. The number of benzene rings is 1. The largest absolute Gasteiger partial charge is 0.294 e. The van der Waals surface area contributed by atoms with Gasteiger partial charge in [0.05, 0.1) is 6.42 Å². The minimum atomic E-state index is 0.00774. The number of carbonyl (C=O) groups is 1. The summed E-state index contributed by atoms with van der Waals surface area (Å²) < 4.78 is 1.60. The zero-order chi connectivity index (χ0) is 13.1. The summed E-state index contributed by atoms with van der Waals surface area (Å²) in [5.74, 6) is 0.00774. The Morgan fingerprint density at radius 2 is 2.00 bits per heavy atom. The van der Waals surface area contributed by atoms with Gasteiger partial charge in [-0.25, -0.2) is 0 Å². The molecule has 1 aromatic carbocycles. The smallest absolute Gasteiger partial charge is 0.169 e. The highest BCUT2D eigenvalue weighted by Gasteiger charge is 2.11. The van der Waals surface area contributed by atoms with Gasteiger partial charge >= 0.3 is 0 Å². The predicted octanol–water partition coefficient (Wildman–Crippen LogP) is 4.69. The number of Topliss-reactive ketones (excluding diaryl/α,β-unsaturated/α-hetero) is 1. The summed E-state index contributed by atoms with van der Waals surface area (Å²) in [7, 11) is 0. The van der Waals surface area contributed by atoms with Crippen LogP contribution in [0.5, 0.6) is 0 Å². The fraction of sp³-hybridized carbons (Fsp3) is 0.0769. The highest BCUT2D eigenvalue weighted by atomic mass is 79.9. The van der Waals surface area contributed by atoms with Gasteiger partial charge < -0.3 is 0 Å². The lowest BCUT2D eigenvalue weighted by Gasteiger charge is -2.04. The third-order valence-corrected chi connectivity index (χ3v) is 3.72. The number of carbonyl (C=O) groups excluding carboxylic acids is 1. The first-order valence-electron chi connectivity index (χ1n) is 5.15. The average Bonchev–Trinajstić information content (AvgIpc) is 2.32. The van der Waals surface area contributed by atoms with E-state index >= 15 is 0 Å². The van der Waals surface area contributed by atoms with Crippen molar-refractivity contribution in [1.29, 1.82) is 0 Å². The predicted molar refractivity (Wildman–Crippen MR) is 79.1 cm³/mol. The molecule has 0 saturated carbocycles. The summed E-state index contributed by atoms with van der Waals surface area (Å²) in [6.07, 6.45) is 1.95. The summed E-state index contributed by atoms with van der Waals surface area (Å²) in [6.45, 7) is 0. The molecule has 0 atom stereocenters. The molecule has 2 nitrogen and oxygen atoms in total. The monoisotopic (exact) mass is 387 g/mol. The third kappa shape index (κ3) is 3.40. The van der Waals surface area contributed by atoms with Gasteiger partial charge in [0.1, 0.15) is 0 Å². The van der Waals surface area contributed by atoms with Crippen molar-refractivity contribution in [2.24, 2.45) is 0 Å². The van der Waals surface area contributed by atoms with Crippen molar-refractivity contribution in [2.45, 2.75) is 6.42 Å². The fourth-order valence-electron chi connectivity index (χ4n) is 1.49. The molecule has 1 heterocycles. The molecule has 0 aliphatic heterocycles. The van der Waals surface area contributed by atoms with E-state index in [1.165, 1.54) is 0 Å². The van der Waals surface area contributed by atoms with Crippen molar-refractivity contribution in [1.82, 2.24) is 4.98 Å². The van der Waals surface area contributed by atoms with E-state index in [0.29, 0.717) is 15.1 Å². The van der Waals surface area contributed by atoms with Gasteiger partial charge in [0.15, 0.2) is 5.78 Å². The molecule has 0 N–H and O–H groups in total. The number of nitrogens with zero attached hydrogens (tertiary/aromatic N) is 1. The van der Waals surface area contributed by atoms with Gasteiger partial charge in [-0.15, -0.1) is 0 Å². The van der Waals surface area contributed by atoms with Gasteiger partial charge in [-0.1, -0.05) is 11.6 Å². The zero-order valence-corrected chi connectivity index (χ0v) is 13.1. The molecule has 0 bridgehead atoms. The number of rotatable bonds is 3. The van der Waals surface area contributed by atoms with E-state index in [1.54, 1.807) is 24.4 Å². The van der Waals surface area contributed by atoms with Crippen LogP contribution in [0.4, 0.5) is 0 Å². The molecule has 0 aliphatic carbocycles. The Labute approximate surface area is 127 Å². The van der Waals surface area contributed by atoms with E-state index in [4.69, 9.17) is 11.6 Å². The van der Waals surface area contributed by atoms with Crippen LogP contribution in [-0.4, -0.2) is 10.8 Å². The molecule has 0 spiro atoms. The Bertz CT molecular complexity index is 584. The van der Waals surface area contributed by atoms with Gasteiger partial charge in [-0.2, -0.15) is 0 Å². The lowest BCUT2D eigenvalue weighted by Crippen LogP contribution is -2.05. The maximum Gasteiger partial charge on any atom is 0.169 e. The lowest BCUT2D eigenvalue weighted by molar-refractivity contribution is 0.0991. The maximum absolute atomic E-state index is 12.1. The van der Waals surface area contributed by atoms with Gasteiger partial charge in [0.25, 0.3) is 0 Å². The highest BCUT2D eigenvalue weighted by molar-refractivity contribution is 9.10. The fourth-order valence-corrected chi connectivity index (χ4v) is 2.62. The number of aromatic nitrogens is 1. The highest BCUT2D eigenvalue weighted by Crippen LogP contribution is 2.23. The second kappa shape index (κ2) is 5.95. The molecule has 2 aromatic rings. The molecule has 0 amide bonds. The maximum atomic E-state index is 12.1. The van der Waals surface area contributed by atoms with Crippen molar-refractivity contribution in [3.05, 3.63) is 61.8 Å². The first-order valence-corrected chi connectivity index (χ1v) is 7.11. The normalized spacial score (nSPS) is 10.4. The van der Waals surface area contributed by atoms with Crippen molar-refractivity contribution in [3.8, 4) is 0 Å². The number of pyridine rings is 1. The van der Waals surface area contributed by atoms with E-state index < -0.39 is 0 Å². The molecule has 2 rings (SSSR count). The minimum absolute atomic E-state index is 0.00774. The van der Waals surface area contributed by atoms with Crippen molar-refractivity contribution < 1.29 is 4.79 Å². The Morgan fingerprint density at radius 3 is 2.61 bits per heavy atom. The van der Waals surface area contributed by atoms with Crippen LogP contribution in [0.1, 0.15) is 16.1 Å². The van der Waals surface area contributed by atoms with E-state index in [2.05, 4.69) is 36.8 Å². The second-order valence-electron chi connectivity index (χ2n) is 3.69. The van der Waals surface area contributed by atoms with Crippen LogP contribution in [0.15, 0.2) is 45.5 Å². The molecule has 0 radical (unpaired) electrons. The van der Waals surface area contributed by atoms with Crippen LogP contribution in [0.25, 0.3) is 0 Å². The summed E-state index contributed by atoms with van der Waals surface area (Å²) in [5.41, 5.74) is 1.36. The molecule has 0 unspecified atom stereocenters. The van der Waals surface area contributed by atoms with E-state index in [0.717, 1.165) is 10.2 Å². The van der Waals surface area contributed by atoms with Crippen LogP contribution in [0, 0.1) is 0 Å². The molecule has 1 aromatic heterocycles. The van der Waals surface area contributed by atoms with E-state index in [1.807, 2.05) is 12.1 Å². The Hall–Kier alpha value is -0.710. The number of hydrogen-bond donors (Lipinski definition) is 0. The summed E-state index contributed by atoms with van der Waals surface area (Å²) in [4.78, 5) is 16.3. The Morgan fingerprint density at radius 1 is 1.22 bits per heavy atom. The molecular weight excluding hydrogens is 381 g/mol. The van der Waals surface area contributed by atoms with Crippen molar-refractivity contribution in [2.75, 3.05) is 0 Å². The summed E-state index contributed by atoms with van der Waals surface area (Å²) in [5, 5.41) is 0.597. The molecule has 0 aliphatic rings. The first kappa shape index (κ1) is 13.7. The summed E-state index contributed by atoms with van der Waals surface area (Å²) >= 11 is 12.5. The van der Waals surface area contributed by atoms with Crippen LogP contribution in [-0.2, 0) is 6.42 Å². The third-order valence-electron chi connectivity index (χ3n) is 2.36. The van der Waals surface area contributed by atoms with Crippen LogP contribution >= 0.6 is 43.5 Å². The van der Waals surface area contributed by atoms with Gasteiger partial charge in [0.2, 0.25) is 0 Å². The standard InChI is InChI=1S/C13H8Br2ClNO/c14-8-1-3-10(17-7-8)6-13(18)11-4-2-9(16)5-12(11)15/h1-5,7H,6H2. The summed E-state index contributed by atoms with van der Waals surface area (Å²) in [6, 6.07) is 8.82. The molecule has 92 valence electrons. The van der Waals surface area contributed by atoms with E-state index in [-0.39, 0.29) is 12.2 Å². The molecular formula is C13H8Br2ClNO. The molecule has 18 heavy (non-hydrogen) atoms. The van der Waals surface area contributed by atoms with Gasteiger partial charge in [-0.3, -0.25) is 9.78 Å².